The van der Waals surface area contributed by atoms with Gasteiger partial charge in [0.2, 0.25) is 0 Å². The highest BCUT2D eigenvalue weighted by Crippen LogP contribution is 2.22. The van der Waals surface area contributed by atoms with Crippen LogP contribution in [0.3, 0.4) is 0 Å². The van der Waals surface area contributed by atoms with Crippen molar-refractivity contribution in [3.8, 4) is 0 Å². The highest BCUT2D eigenvalue weighted by Gasteiger charge is 2.22. The highest BCUT2D eigenvalue weighted by atomic mass is 16.2. The van der Waals surface area contributed by atoms with Gasteiger partial charge in [-0.25, -0.2) is 0 Å². The second-order valence-electron chi connectivity index (χ2n) is 7.58. The number of likely N-dealkylation sites (N-methyl/N-ethyl adjacent to an activating group) is 2. The van der Waals surface area contributed by atoms with E-state index in [1.165, 1.54) is 25.7 Å². The van der Waals surface area contributed by atoms with Crippen molar-refractivity contribution < 1.29 is 4.79 Å². The quantitative estimate of drug-likeness (QED) is 0.734. The van der Waals surface area contributed by atoms with Crippen LogP contribution >= 0.6 is 0 Å². The van der Waals surface area contributed by atoms with E-state index in [-0.39, 0.29) is 5.91 Å². The summed E-state index contributed by atoms with van der Waals surface area (Å²) in [6.45, 7) is 8.83. The highest BCUT2D eigenvalue weighted by molar-refractivity contribution is 5.92. The molecule has 1 heterocycles. The molecule has 1 amide bonds. The second kappa shape index (κ2) is 8.65. The lowest BCUT2D eigenvalue weighted by atomic mass is 10.1. The van der Waals surface area contributed by atoms with Crippen molar-refractivity contribution in [2.24, 2.45) is 5.92 Å². The van der Waals surface area contributed by atoms with Gasteiger partial charge in [-0.15, -0.1) is 0 Å². The van der Waals surface area contributed by atoms with Gasteiger partial charge in [-0.1, -0.05) is 26.7 Å². The first-order chi connectivity index (χ1) is 11.4. The zero-order chi connectivity index (χ0) is 17.7. The van der Waals surface area contributed by atoms with Gasteiger partial charge in [0.1, 0.15) is 5.69 Å². The van der Waals surface area contributed by atoms with Crippen molar-refractivity contribution in [1.29, 1.82) is 0 Å². The Morgan fingerprint density at radius 3 is 2.54 bits per heavy atom. The SMILES string of the molecule is CCn1nc(CC(C)C)cc1C(=O)N(C)CCN(C)C1CCCC1. The molecule has 1 aliphatic rings. The van der Waals surface area contributed by atoms with E-state index in [2.05, 4.69) is 30.9 Å². The van der Waals surface area contributed by atoms with Crippen LogP contribution in [0.2, 0.25) is 0 Å². The molecule has 0 bridgehead atoms. The Labute approximate surface area is 147 Å². The van der Waals surface area contributed by atoms with Crippen molar-refractivity contribution in [3.05, 3.63) is 17.5 Å². The number of aromatic nitrogens is 2. The van der Waals surface area contributed by atoms with Gasteiger partial charge in [-0.2, -0.15) is 5.10 Å². The molecule has 5 heteroatoms. The monoisotopic (exact) mass is 334 g/mol. The first-order valence-electron chi connectivity index (χ1n) is 9.44. The molecule has 0 spiro atoms. The van der Waals surface area contributed by atoms with Crippen LogP contribution in [0.15, 0.2) is 6.07 Å². The van der Waals surface area contributed by atoms with Gasteiger partial charge >= 0.3 is 0 Å². The number of aryl methyl sites for hydroxylation is 1. The van der Waals surface area contributed by atoms with E-state index >= 15 is 0 Å². The minimum Gasteiger partial charge on any atom is -0.339 e. The average Bonchev–Trinajstić information content (AvgIpc) is 3.20. The minimum absolute atomic E-state index is 0.0826. The minimum atomic E-state index is 0.0826. The average molecular weight is 335 g/mol. The van der Waals surface area contributed by atoms with Crippen LogP contribution in [-0.4, -0.2) is 58.7 Å². The Hall–Kier alpha value is -1.36. The molecule has 0 radical (unpaired) electrons. The van der Waals surface area contributed by atoms with Crippen molar-refractivity contribution in [2.75, 3.05) is 27.2 Å². The summed E-state index contributed by atoms with van der Waals surface area (Å²) in [7, 11) is 4.09. The molecule has 1 aliphatic carbocycles. The third-order valence-electron chi connectivity index (χ3n) is 5.05. The Balaban J connectivity index is 1.95. The molecule has 0 unspecified atom stereocenters. The maximum absolute atomic E-state index is 12.8. The molecule has 1 fully saturated rings. The molecule has 0 aromatic carbocycles. The standard InChI is InChI=1S/C19H34N4O/c1-6-23-18(14-16(20-23)13-15(2)3)19(24)22(5)12-11-21(4)17-9-7-8-10-17/h14-15,17H,6-13H2,1-5H3. The third-order valence-corrected chi connectivity index (χ3v) is 5.05. The molecular weight excluding hydrogens is 300 g/mol. The molecular formula is C19H34N4O. The summed E-state index contributed by atoms with van der Waals surface area (Å²) < 4.78 is 1.84. The summed E-state index contributed by atoms with van der Waals surface area (Å²) in [6.07, 6.45) is 6.21. The molecule has 136 valence electrons. The zero-order valence-electron chi connectivity index (χ0n) is 16.1. The molecule has 24 heavy (non-hydrogen) atoms. The lowest BCUT2D eigenvalue weighted by molar-refractivity contribution is 0.0762. The fourth-order valence-corrected chi connectivity index (χ4v) is 3.53. The van der Waals surface area contributed by atoms with Crippen LogP contribution in [0, 0.1) is 5.92 Å². The summed E-state index contributed by atoms with van der Waals surface area (Å²) in [4.78, 5) is 17.1. The molecule has 2 rings (SSSR count). The molecule has 0 N–H and O–H groups in total. The van der Waals surface area contributed by atoms with Crippen LogP contribution < -0.4 is 0 Å². The summed E-state index contributed by atoms with van der Waals surface area (Å²) in [5.74, 6) is 0.630. The van der Waals surface area contributed by atoms with Gasteiger partial charge in [-0.05, 0) is 45.2 Å². The van der Waals surface area contributed by atoms with E-state index in [4.69, 9.17) is 0 Å². The Kier molecular flexibility index (Phi) is 6.84. The van der Waals surface area contributed by atoms with Gasteiger partial charge < -0.3 is 9.80 Å². The van der Waals surface area contributed by atoms with Crippen LogP contribution in [0.4, 0.5) is 0 Å². The number of carbonyl (C=O) groups is 1. The van der Waals surface area contributed by atoms with Gasteiger partial charge in [0.25, 0.3) is 5.91 Å². The second-order valence-corrected chi connectivity index (χ2v) is 7.58. The molecule has 0 aliphatic heterocycles. The Bertz CT molecular complexity index is 531. The van der Waals surface area contributed by atoms with E-state index in [9.17, 15) is 4.79 Å². The summed E-state index contributed by atoms with van der Waals surface area (Å²) >= 11 is 0. The predicted octanol–water partition coefficient (Wildman–Crippen LogP) is 3.05. The normalized spacial score (nSPS) is 15.6. The van der Waals surface area contributed by atoms with Crippen LogP contribution in [0.25, 0.3) is 0 Å². The van der Waals surface area contributed by atoms with Crippen molar-refractivity contribution in [2.45, 2.75) is 65.5 Å². The lowest BCUT2D eigenvalue weighted by Crippen LogP contribution is -2.39. The van der Waals surface area contributed by atoms with E-state index in [1.54, 1.807) is 0 Å². The molecule has 1 aromatic heterocycles. The Morgan fingerprint density at radius 2 is 1.96 bits per heavy atom. The number of amides is 1. The fraction of sp³-hybridized carbons (Fsp3) is 0.789. The van der Waals surface area contributed by atoms with Crippen molar-refractivity contribution in [3.63, 3.8) is 0 Å². The van der Waals surface area contributed by atoms with Gasteiger partial charge in [0.05, 0.1) is 5.69 Å². The third kappa shape index (κ3) is 4.82. The lowest BCUT2D eigenvalue weighted by Gasteiger charge is -2.26. The van der Waals surface area contributed by atoms with Gasteiger partial charge in [-0.3, -0.25) is 9.48 Å². The van der Waals surface area contributed by atoms with Crippen LogP contribution in [-0.2, 0) is 13.0 Å². The molecule has 1 saturated carbocycles. The first kappa shape index (κ1) is 19.0. The van der Waals surface area contributed by atoms with Crippen molar-refractivity contribution >= 4 is 5.91 Å². The number of hydrogen-bond acceptors (Lipinski definition) is 3. The summed E-state index contributed by atoms with van der Waals surface area (Å²) in [6, 6.07) is 2.68. The van der Waals surface area contributed by atoms with E-state index in [1.807, 2.05) is 29.6 Å². The van der Waals surface area contributed by atoms with E-state index in [0.29, 0.717) is 12.0 Å². The smallest absolute Gasteiger partial charge is 0.271 e. The molecule has 0 saturated heterocycles. The number of rotatable bonds is 8. The topological polar surface area (TPSA) is 41.4 Å². The van der Waals surface area contributed by atoms with E-state index in [0.717, 1.165) is 37.4 Å². The summed E-state index contributed by atoms with van der Waals surface area (Å²) in [5.41, 5.74) is 1.74. The van der Waals surface area contributed by atoms with Crippen molar-refractivity contribution in [1.82, 2.24) is 19.6 Å². The molecule has 0 atom stereocenters. The Morgan fingerprint density at radius 1 is 1.29 bits per heavy atom. The number of nitrogens with zero attached hydrogens (tertiary/aromatic N) is 4. The first-order valence-corrected chi connectivity index (χ1v) is 9.44. The van der Waals surface area contributed by atoms with Crippen LogP contribution in [0.5, 0.6) is 0 Å². The molecule has 5 nitrogen and oxygen atoms in total. The van der Waals surface area contributed by atoms with Gasteiger partial charge in [0.15, 0.2) is 0 Å². The van der Waals surface area contributed by atoms with Crippen LogP contribution in [0.1, 0.15) is 62.6 Å². The fourth-order valence-electron chi connectivity index (χ4n) is 3.53. The number of hydrogen-bond donors (Lipinski definition) is 0. The summed E-state index contributed by atoms with van der Waals surface area (Å²) in [5, 5.41) is 4.59. The number of carbonyl (C=O) groups excluding carboxylic acids is 1. The molecule has 1 aromatic rings. The largest absolute Gasteiger partial charge is 0.339 e. The van der Waals surface area contributed by atoms with E-state index < -0.39 is 0 Å². The maximum atomic E-state index is 12.8. The predicted molar refractivity (Wildman–Crippen MR) is 98.3 cm³/mol. The van der Waals surface area contributed by atoms with Gasteiger partial charge in [0, 0.05) is 32.7 Å². The maximum Gasteiger partial charge on any atom is 0.271 e. The zero-order valence-corrected chi connectivity index (χ0v) is 16.1.